The first kappa shape index (κ1) is 11.1. The van der Waals surface area contributed by atoms with Crippen LogP contribution in [0.25, 0.3) is 0 Å². The van der Waals surface area contributed by atoms with E-state index in [0.717, 1.165) is 32.1 Å². The Morgan fingerprint density at radius 2 is 2.44 bits per heavy atom. The molecule has 2 N–H and O–H groups in total. The molecule has 5 nitrogen and oxygen atoms in total. The molecule has 88 valence electrons. The standard InChI is InChI=1S/C11H17N3O2/c15-11-6-10(13-8-14-11)12-4-1-5-16-7-9-2-3-9/h6,8-9H,1-5,7H2,(H2,12,13,14,15). The second kappa shape index (κ2) is 5.65. The van der Waals surface area contributed by atoms with Crippen molar-refractivity contribution in [2.75, 3.05) is 25.1 Å². The van der Waals surface area contributed by atoms with Gasteiger partial charge in [0.1, 0.15) is 5.82 Å². The summed E-state index contributed by atoms with van der Waals surface area (Å²) in [5.41, 5.74) is -0.137. The summed E-state index contributed by atoms with van der Waals surface area (Å²) in [6.45, 7) is 2.46. The van der Waals surface area contributed by atoms with E-state index in [4.69, 9.17) is 4.74 Å². The molecule has 1 saturated carbocycles. The maximum Gasteiger partial charge on any atom is 0.252 e. The van der Waals surface area contributed by atoms with Crippen LogP contribution in [0.4, 0.5) is 5.82 Å². The second-order valence-corrected chi connectivity index (χ2v) is 4.09. The molecule has 0 amide bonds. The number of aromatic nitrogens is 2. The molecule has 0 bridgehead atoms. The molecule has 1 aliphatic rings. The van der Waals surface area contributed by atoms with Gasteiger partial charge in [0.15, 0.2) is 0 Å². The number of nitrogens with zero attached hydrogens (tertiary/aromatic N) is 1. The van der Waals surface area contributed by atoms with Crippen LogP contribution in [-0.2, 0) is 4.74 Å². The molecule has 0 unspecified atom stereocenters. The summed E-state index contributed by atoms with van der Waals surface area (Å²) in [6, 6.07) is 1.45. The van der Waals surface area contributed by atoms with Crippen LogP contribution >= 0.6 is 0 Å². The summed E-state index contributed by atoms with van der Waals surface area (Å²) in [7, 11) is 0. The summed E-state index contributed by atoms with van der Waals surface area (Å²) < 4.78 is 5.49. The van der Waals surface area contributed by atoms with Gasteiger partial charge in [-0.3, -0.25) is 4.79 Å². The second-order valence-electron chi connectivity index (χ2n) is 4.09. The van der Waals surface area contributed by atoms with Gasteiger partial charge in [0.25, 0.3) is 5.56 Å². The zero-order valence-corrected chi connectivity index (χ0v) is 9.24. The molecule has 0 radical (unpaired) electrons. The monoisotopic (exact) mass is 223 g/mol. The summed E-state index contributed by atoms with van der Waals surface area (Å²) >= 11 is 0. The lowest BCUT2D eigenvalue weighted by molar-refractivity contribution is 0.124. The van der Waals surface area contributed by atoms with E-state index in [-0.39, 0.29) is 5.56 Å². The van der Waals surface area contributed by atoms with Crippen LogP contribution in [0.3, 0.4) is 0 Å². The molecule has 0 aromatic carbocycles. The lowest BCUT2D eigenvalue weighted by Crippen LogP contribution is -2.11. The molecule has 1 aromatic rings. The van der Waals surface area contributed by atoms with Gasteiger partial charge in [-0.2, -0.15) is 0 Å². The van der Waals surface area contributed by atoms with E-state index >= 15 is 0 Å². The zero-order chi connectivity index (χ0) is 11.2. The topological polar surface area (TPSA) is 67.0 Å². The maximum atomic E-state index is 10.9. The number of hydrogen-bond acceptors (Lipinski definition) is 4. The van der Waals surface area contributed by atoms with Crippen LogP contribution in [0.15, 0.2) is 17.2 Å². The zero-order valence-electron chi connectivity index (χ0n) is 9.24. The molecular formula is C11H17N3O2. The van der Waals surface area contributed by atoms with Crippen molar-refractivity contribution in [1.29, 1.82) is 0 Å². The predicted molar refractivity (Wildman–Crippen MR) is 61.5 cm³/mol. The van der Waals surface area contributed by atoms with Crippen molar-refractivity contribution in [3.05, 3.63) is 22.7 Å². The first-order valence-electron chi connectivity index (χ1n) is 5.71. The molecule has 0 atom stereocenters. The third kappa shape index (κ3) is 4.02. The van der Waals surface area contributed by atoms with Gasteiger partial charge in [0, 0.05) is 25.8 Å². The van der Waals surface area contributed by atoms with Gasteiger partial charge in [-0.25, -0.2) is 4.98 Å². The van der Waals surface area contributed by atoms with Gasteiger partial charge in [-0.15, -0.1) is 0 Å². The van der Waals surface area contributed by atoms with Crippen molar-refractivity contribution in [1.82, 2.24) is 9.97 Å². The van der Waals surface area contributed by atoms with Crippen LogP contribution in [0.1, 0.15) is 19.3 Å². The van der Waals surface area contributed by atoms with Gasteiger partial charge >= 0.3 is 0 Å². The minimum atomic E-state index is -0.137. The van der Waals surface area contributed by atoms with Gasteiger partial charge in [0.2, 0.25) is 0 Å². The van der Waals surface area contributed by atoms with Crippen molar-refractivity contribution < 1.29 is 4.74 Å². The minimum absolute atomic E-state index is 0.137. The fraction of sp³-hybridized carbons (Fsp3) is 0.636. The van der Waals surface area contributed by atoms with Crippen molar-refractivity contribution in [3.8, 4) is 0 Å². The van der Waals surface area contributed by atoms with Crippen LogP contribution in [-0.4, -0.2) is 29.7 Å². The van der Waals surface area contributed by atoms with Gasteiger partial charge < -0.3 is 15.0 Å². The lowest BCUT2D eigenvalue weighted by Gasteiger charge is -2.05. The highest BCUT2D eigenvalue weighted by Crippen LogP contribution is 2.28. The highest BCUT2D eigenvalue weighted by Gasteiger charge is 2.20. The molecular weight excluding hydrogens is 206 g/mol. The highest BCUT2D eigenvalue weighted by atomic mass is 16.5. The smallest absolute Gasteiger partial charge is 0.252 e. The predicted octanol–water partition coefficient (Wildman–Crippen LogP) is 0.998. The summed E-state index contributed by atoms with van der Waals surface area (Å²) in [5, 5.41) is 3.08. The SMILES string of the molecule is O=c1cc(NCCCOCC2CC2)nc[nH]1. The molecule has 16 heavy (non-hydrogen) atoms. The largest absolute Gasteiger partial charge is 0.381 e. The number of nitrogens with one attached hydrogen (secondary N) is 2. The third-order valence-electron chi connectivity index (χ3n) is 2.50. The minimum Gasteiger partial charge on any atom is -0.381 e. The van der Waals surface area contributed by atoms with E-state index in [9.17, 15) is 4.79 Å². The number of ether oxygens (including phenoxy) is 1. The maximum absolute atomic E-state index is 10.9. The Labute approximate surface area is 94.2 Å². The first-order valence-corrected chi connectivity index (χ1v) is 5.71. The molecule has 5 heteroatoms. The van der Waals surface area contributed by atoms with Crippen LogP contribution in [0.2, 0.25) is 0 Å². The fourth-order valence-corrected chi connectivity index (χ4v) is 1.39. The summed E-state index contributed by atoms with van der Waals surface area (Å²) in [5.74, 6) is 1.44. The molecule has 1 aliphatic carbocycles. The van der Waals surface area contributed by atoms with E-state index in [1.165, 1.54) is 25.2 Å². The molecule has 0 saturated heterocycles. The summed E-state index contributed by atoms with van der Waals surface area (Å²) in [4.78, 5) is 17.4. The Kier molecular flexibility index (Phi) is 3.93. The molecule has 1 fully saturated rings. The number of rotatable bonds is 7. The van der Waals surface area contributed by atoms with Crippen molar-refractivity contribution in [3.63, 3.8) is 0 Å². The Morgan fingerprint density at radius 3 is 3.19 bits per heavy atom. The Morgan fingerprint density at radius 1 is 1.56 bits per heavy atom. The molecule has 2 rings (SSSR count). The quantitative estimate of drug-likeness (QED) is 0.677. The summed E-state index contributed by atoms with van der Waals surface area (Å²) in [6.07, 6.45) is 4.99. The van der Waals surface area contributed by atoms with Crippen molar-refractivity contribution in [2.45, 2.75) is 19.3 Å². The van der Waals surface area contributed by atoms with Gasteiger partial charge in [-0.1, -0.05) is 0 Å². The number of anilines is 1. The number of H-pyrrole nitrogens is 1. The number of hydrogen-bond donors (Lipinski definition) is 2. The molecule has 0 spiro atoms. The Balaban J connectivity index is 1.55. The lowest BCUT2D eigenvalue weighted by atomic mass is 10.4. The first-order chi connectivity index (χ1) is 7.84. The van der Waals surface area contributed by atoms with Crippen LogP contribution < -0.4 is 10.9 Å². The highest BCUT2D eigenvalue weighted by molar-refractivity contribution is 5.31. The average Bonchev–Trinajstić information content (AvgIpc) is 3.07. The normalized spacial score (nSPS) is 15.0. The van der Waals surface area contributed by atoms with Crippen molar-refractivity contribution in [2.24, 2.45) is 5.92 Å². The fourth-order valence-electron chi connectivity index (χ4n) is 1.39. The average molecular weight is 223 g/mol. The van der Waals surface area contributed by atoms with Crippen LogP contribution in [0, 0.1) is 5.92 Å². The third-order valence-corrected chi connectivity index (χ3v) is 2.50. The van der Waals surface area contributed by atoms with Gasteiger partial charge in [0.05, 0.1) is 6.33 Å². The van der Waals surface area contributed by atoms with Gasteiger partial charge in [-0.05, 0) is 25.2 Å². The van der Waals surface area contributed by atoms with E-state index < -0.39 is 0 Å². The van der Waals surface area contributed by atoms with E-state index in [1.54, 1.807) is 0 Å². The van der Waals surface area contributed by atoms with Crippen LogP contribution in [0.5, 0.6) is 0 Å². The molecule has 1 heterocycles. The molecule has 0 aliphatic heterocycles. The molecule has 1 aromatic heterocycles. The van der Waals surface area contributed by atoms with Crippen molar-refractivity contribution >= 4 is 5.82 Å². The Hall–Kier alpha value is -1.36. The Bertz CT molecular complexity index is 373. The van der Waals surface area contributed by atoms with E-state index in [0.29, 0.717) is 5.82 Å². The van der Waals surface area contributed by atoms with E-state index in [2.05, 4.69) is 15.3 Å². The van der Waals surface area contributed by atoms with E-state index in [1.807, 2.05) is 0 Å². The number of aromatic amines is 1.